The second-order valence-electron chi connectivity index (χ2n) is 4.29. The van der Waals surface area contributed by atoms with Crippen molar-refractivity contribution in [3.05, 3.63) is 41.7 Å². The van der Waals surface area contributed by atoms with E-state index in [4.69, 9.17) is 0 Å². The number of halogens is 1. The maximum absolute atomic E-state index is 13.1. The lowest BCUT2D eigenvalue weighted by atomic mass is 10.1. The first-order valence-corrected chi connectivity index (χ1v) is 5.79. The van der Waals surface area contributed by atoms with Crippen molar-refractivity contribution in [1.82, 2.24) is 14.8 Å². The number of fused-ring (bicyclic) bond motifs is 1. The van der Waals surface area contributed by atoms with Crippen molar-refractivity contribution in [2.45, 2.75) is 19.7 Å². The van der Waals surface area contributed by atoms with Crippen LogP contribution in [0.15, 0.2) is 24.5 Å². The summed E-state index contributed by atoms with van der Waals surface area (Å²) in [7, 11) is 0. The van der Waals surface area contributed by atoms with E-state index in [1.807, 2.05) is 4.57 Å². The number of hydrogen-bond donors (Lipinski definition) is 1. The van der Waals surface area contributed by atoms with Crippen molar-refractivity contribution in [1.29, 1.82) is 0 Å². The van der Waals surface area contributed by atoms with Gasteiger partial charge in [-0.05, 0) is 18.2 Å². The molecule has 5 nitrogen and oxygen atoms in total. The van der Waals surface area contributed by atoms with Crippen LogP contribution in [0.4, 0.5) is 10.1 Å². The molecule has 1 aromatic heterocycles. The van der Waals surface area contributed by atoms with Gasteiger partial charge in [-0.25, -0.2) is 4.39 Å². The number of nitrogens with zero attached hydrogens (tertiary/aromatic N) is 4. The highest BCUT2D eigenvalue weighted by atomic mass is 19.1. The Bertz CT molecular complexity index is 569. The highest BCUT2D eigenvalue weighted by molar-refractivity contribution is 5.54. The maximum Gasteiger partial charge on any atom is 0.152 e. The van der Waals surface area contributed by atoms with E-state index in [9.17, 15) is 9.50 Å². The van der Waals surface area contributed by atoms with E-state index in [0.717, 1.165) is 24.6 Å². The Kier molecular flexibility index (Phi) is 2.71. The molecule has 0 bridgehead atoms. The molecule has 94 valence electrons. The lowest BCUT2D eigenvalue weighted by Gasteiger charge is -2.30. The third-order valence-corrected chi connectivity index (χ3v) is 3.19. The maximum atomic E-state index is 13.1. The molecule has 1 aliphatic rings. The number of aromatic nitrogens is 3. The van der Waals surface area contributed by atoms with E-state index in [0.29, 0.717) is 12.1 Å². The Morgan fingerprint density at radius 1 is 1.33 bits per heavy atom. The van der Waals surface area contributed by atoms with Gasteiger partial charge in [-0.2, -0.15) is 0 Å². The van der Waals surface area contributed by atoms with Gasteiger partial charge in [0.15, 0.2) is 5.82 Å². The minimum absolute atomic E-state index is 0.170. The van der Waals surface area contributed by atoms with Gasteiger partial charge in [-0.1, -0.05) is 0 Å². The number of aliphatic hydroxyl groups is 1. The molecule has 0 spiro atoms. The Labute approximate surface area is 103 Å². The summed E-state index contributed by atoms with van der Waals surface area (Å²) < 4.78 is 15.1. The van der Waals surface area contributed by atoms with Crippen molar-refractivity contribution in [3.8, 4) is 0 Å². The zero-order chi connectivity index (χ0) is 12.5. The molecule has 0 radical (unpaired) electrons. The van der Waals surface area contributed by atoms with Crippen molar-refractivity contribution in [3.63, 3.8) is 0 Å². The van der Waals surface area contributed by atoms with E-state index >= 15 is 0 Å². The Morgan fingerprint density at radius 3 is 3.06 bits per heavy atom. The third kappa shape index (κ3) is 1.84. The molecule has 0 fully saturated rings. The Hall–Kier alpha value is -1.95. The van der Waals surface area contributed by atoms with E-state index in [2.05, 4.69) is 15.1 Å². The molecule has 1 aliphatic heterocycles. The third-order valence-electron chi connectivity index (χ3n) is 3.19. The van der Waals surface area contributed by atoms with Gasteiger partial charge in [0.2, 0.25) is 0 Å². The standard InChI is InChI=1S/C12H13FN4O/c13-10-1-2-11(9(5-10)7-18)16-3-4-17-8-14-15-12(17)6-16/h1-2,5,8,18H,3-4,6-7H2. The molecule has 3 rings (SSSR count). The smallest absolute Gasteiger partial charge is 0.152 e. The summed E-state index contributed by atoms with van der Waals surface area (Å²) in [6.45, 7) is 2.04. The fraction of sp³-hybridized carbons (Fsp3) is 0.333. The first-order valence-electron chi connectivity index (χ1n) is 5.79. The van der Waals surface area contributed by atoms with Crippen molar-refractivity contribution < 1.29 is 9.50 Å². The normalized spacial score (nSPS) is 14.7. The van der Waals surface area contributed by atoms with E-state index in [-0.39, 0.29) is 12.4 Å². The topological polar surface area (TPSA) is 54.2 Å². The van der Waals surface area contributed by atoms with Gasteiger partial charge in [0, 0.05) is 24.3 Å². The van der Waals surface area contributed by atoms with Crippen molar-refractivity contribution in [2.24, 2.45) is 0 Å². The van der Waals surface area contributed by atoms with Crippen molar-refractivity contribution >= 4 is 5.69 Å². The number of benzene rings is 1. The van der Waals surface area contributed by atoms with E-state index in [1.165, 1.54) is 12.1 Å². The zero-order valence-corrected chi connectivity index (χ0v) is 9.75. The second-order valence-corrected chi connectivity index (χ2v) is 4.29. The average molecular weight is 248 g/mol. The van der Waals surface area contributed by atoms with Gasteiger partial charge in [-0.3, -0.25) is 0 Å². The molecule has 0 amide bonds. The van der Waals surface area contributed by atoms with Crippen LogP contribution in [-0.4, -0.2) is 26.4 Å². The molecule has 18 heavy (non-hydrogen) atoms. The predicted octanol–water partition coefficient (Wildman–Crippen LogP) is 0.930. The van der Waals surface area contributed by atoms with Gasteiger partial charge >= 0.3 is 0 Å². The Morgan fingerprint density at radius 2 is 2.22 bits per heavy atom. The molecular formula is C12H13FN4O. The van der Waals surface area contributed by atoms with Crippen LogP contribution < -0.4 is 4.90 Å². The molecule has 0 aliphatic carbocycles. The number of anilines is 1. The second kappa shape index (κ2) is 4.38. The molecular weight excluding hydrogens is 235 g/mol. The summed E-state index contributed by atoms with van der Waals surface area (Å²) in [5.74, 6) is 0.553. The fourth-order valence-electron chi connectivity index (χ4n) is 2.26. The van der Waals surface area contributed by atoms with Crippen LogP contribution in [0.3, 0.4) is 0 Å². The average Bonchev–Trinajstić information content (AvgIpc) is 2.85. The predicted molar refractivity (Wildman–Crippen MR) is 63.4 cm³/mol. The van der Waals surface area contributed by atoms with Gasteiger partial charge < -0.3 is 14.6 Å². The van der Waals surface area contributed by atoms with Crippen LogP contribution in [0.1, 0.15) is 11.4 Å². The number of rotatable bonds is 2. The minimum atomic E-state index is -0.331. The molecule has 0 saturated carbocycles. The van der Waals surface area contributed by atoms with Crippen molar-refractivity contribution in [2.75, 3.05) is 11.4 Å². The van der Waals surface area contributed by atoms with Crippen LogP contribution in [-0.2, 0) is 19.7 Å². The van der Waals surface area contributed by atoms with E-state index in [1.54, 1.807) is 12.4 Å². The van der Waals surface area contributed by atoms with Crippen LogP contribution in [0.2, 0.25) is 0 Å². The highest BCUT2D eigenvalue weighted by Crippen LogP contribution is 2.25. The molecule has 6 heteroatoms. The molecule has 1 aromatic carbocycles. The molecule has 0 atom stereocenters. The van der Waals surface area contributed by atoms with E-state index < -0.39 is 0 Å². The first-order chi connectivity index (χ1) is 8.78. The summed E-state index contributed by atoms with van der Waals surface area (Å²) in [5.41, 5.74) is 1.45. The number of aliphatic hydroxyl groups excluding tert-OH is 1. The summed E-state index contributed by atoms with van der Waals surface area (Å²) in [4.78, 5) is 2.08. The van der Waals surface area contributed by atoms with Crippen LogP contribution >= 0.6 is 0 Å². The van der Waals surface area contributed by atoms with Crippen LogP contribution in [0, 0.1) is 5.82 Å². The molecule has 0 saturated heterocycles. The minimum Gasteiger partial charge on any atom is -0.392 e. The summed E-state index contributed by atoms with van der Waals surface area (Å²) in [6.07, 6.45) is 1.71. The SMILES string of the molecule is OCc1cc(F)ccc1N1CCn2cnnc2C1. The summed E-state index contributed by atoms with van der Waals surface area (Å²) in [5, 5.41) is 17.2. The van der Waals surface area contributed by atoms with Crippen LogP contribution in [0.5, 0.6) is 0 Å². The largest absolute Gasteiger partial charge is 0.392 e. The molecule has 2 aromatic rings. The van der Waals surface area contributed by atoms with Gasteiger partial charge in [0.05, 0.1) is 13.2 Å². The van der Waals surface area contributed by atoms with Gasteiger partial charge in [0.1, 0.15) is 12.1 Å². The van der Waals surface area contributed by atoms with Gasteiger partial charge in [-0.15, -0.1) is 10.2 Å². The quantitative estimate of drug-likeness (QED) is 0.859. The molecule has 0 unspecified atom stereocenters. The van der Waals surface area contributed by atoms with Gasteiger partial charge in [0.25, 0.3) is 0 Å². The number of hydrogen-bond acceptors (Lipinski definition) is 4. The lowest BCUT2D eigenvalue weighted by Crippen LogP contribution is -2.34. The molecule has 1 N–H and O–H groups in total. The Balaban J connectivity index is 1.93. The molecule has 2 heterocycles. The zero-order valence-electron chi connectivity index (χ0n) is 9.75. The highest BCUT2D eigenvalue weighted by Gasteiger charge is 2.19. The monoisotopic (exact) mass is 248 g/mol. The lowest BCUT2D eigenvalue weighted by molar-refractivity contribution is 0.281. The summed E-state index contributed by atoms with van der Waals surface area (Å²) >= 11 is 0. The summed E-state index contributed by atoms with van der Waals surface area (Å²) in [6, 6.07) is 4.48. The first kappa shape index (κ1) is 11.2. The van der Waals surface area contributed by atoms with Crippen LogP contribution in [0.25, 0.3) is 0 Å². The fourth-order valence-corrected chi connectivity index (χ4v) is 2.26.